The van der Waals surface area contributed by atoms with Crippen LogP contribution in [-0.2, 0) is 9.47 Å². The van der Waals surface area contributed by atoms with Crippen molar-refractivity contribution in [2.45, 2.75) is 69.0 Å². The lowest BCUT2D eigenvalue weighted by Gasteiger charge is -2.46. The summed E-state index contributed by atoms with van der Waals surface area (Å²) in [5.74, 6) is 0. The third kappa shape index (κ3) is 4.68. The maximum atomic E-state index is 6.89. The molecule has 0 N–H and O–H groups in total. The van der Waals surface area contributed by atoms with Crippen LogP contribution in [0.25, 0.3) is 0 Å². The Bertz CT molecular complexity index is 812. The fraction of sp³-hybridized carbons (Fsp3) is 0.481. The Hall–Kier alpha value is -1.47. The van der Waals surface area contributed by atoms with Gasteiger partial charge < -0.3 is 9.47 Å². The fourth-order valence-corrected chi connectivity index (χ4v) is 11.2. The van der Waals surface area contributed by atoms with E-state index in [1.807, 2.05) is 0 Å². The molecule has 31 heavy (non-hydrogen) atoms. The summed E-state index contributed by atoms with van der Waals surface area (Å²) in [6.45, 7) is 8.85. The Kier molecular flexibility index (Phi) is 7.32. The summed E-state index contributed by atoms with van der Waals surface area (Å²) < 4.78 is 13.4. The molecule has 2 fully saturated rings. The molecule has 2 saturated heterocycles. The second-order valence-electron chi connectivity index (χ2n) is 9.55. The predicted octanol–water partition coefficient (Wildman–Crippen LogP) is 4.22. The quantitative estimate of drug-likeness (QED) is 0.615. The third-order valence-electron chi connectivity index (χ3n) is 7.30. The molecule has 0 aromatic heterocycles. The van der Waals surface area contributed by atoms with Crippen LogP contribution in [0.1, 0.15) is 45.4 Å². The first-order valence-corrected chi connectivity index (χ1v) is 16.7. The lowest BCUT2D eigenvalue weighted by Crippen LogP contribution is -2.64. The summed E-state index contributed by atoms with van der Waals surface area (Å²) in [5.41, 5.74) is 1.31. The van der Waals surface area contributed by atoms with E-state index in [2.05, 4.69) is 86.8 Å². The molecule has 0 bridgehead atoms. The summed E-state index contributed by atoms with van der Waals surface area (Å²) in [6.07, 6.45) is 11.0. The van der Waals surface area contributed by atoms with Crippen LogP contribution >= 0.6 is 0 Å². The molecular formula is C27H37O2Si2. The molecule has 0 aliphatic carbocycles. The largest absolute Gasteiger partial charge is 0.374 e. The topological polar surface area (TPSA) is 18.5 Å². The highest BCUT2D eigenvalue weighted by atomic mass is 28.3. The van der Waals surface area contributed by atoms with Crippen LogP contribution < -0.4 is 10.4 Å². The Morgan fingerprint density at radius 2 is 1.32 bits per heavy atom. The van der Waals surface area contributed by atoms with E-state index >= 15 is 0 Å². The first-order valence-electron chi connectivity index (χ1n) is 12.1. The molecule has 2 unspecified atom stereocenters. The monoisotopic (exact) mass is 449 g/mol. The fourth-order valence-electron chi connectivity index (χ4n) is 5.52. The number of rotatable bonds is 6. The molecule has 0 amide bonds. The first kappa shape index (κ1) is 22.7. The lowest BCUT2D eigenvalue weighted by molar-refractivity contribution is -0.00998. The Morgan fingerprint density at radius 3 is 1.77 bits per heavy atom. The van der Waals surface area contributed by atoms with Gasteiger partial charge in [0.2, 0.25) is 0 Å². The predicted molar refractivity (Wildman–Crippen MR) is 136 cm³/mol. The van der Waals surface area contributed by atoms with E-state index in [4.69, 9.17) is 9.47 Å². The standard InChI is InChI=1S/C27H37O2Si2/c1-23(22-26(30(2)3)18-10-12-20-28-26)27(19-11-13-21-29-27)31(24-14-6-4-7-15-24)25-16-8-5-9-17-25/h4-9,14-17,30-31H,10-13,18-21H2,1-3H3. The summed E-state index contributed by atoms with van der Waals surface area (Å²) in [5, 5.41) is 2.52. The average Bonchev–Trinajstić information content (AvgIpc) is 2.82. The summed E-state index contributed by atoms with van der Waals surface area (Å²) in [6, 6.07) is 22.3. The van der Waals surface area contributed by atoms with Crippen molar-refractivity contribution in [3.8, 4) is 0 Å². The summed E-state index contributed by atoms with van der Waals surface area (Å²) >= 11 is 0. The number of benzene rings is 2. The molecule has 4 heteroatoms. The van der Waals surface area contributed by atoms with Gasteiger partial charge in [0.25, 0.3) is 0 Å². The second kappa shape index (κ2) is 9.99. The molecule has 0 spiro atoms. The smallest absolute Gasteiger partial charge is 0.143 e. The zero-order valence-electron chi connectivity index (χ0n) is 19.4. The first-order chi connectivity index (χ1) is 15.1. The Labute approximate surface area is 191 Å². The minimum atomic E-state index is -1.72. The van der Waals surface area contributed by atoms with Crippen LogP contribution in [-0.4, -0.2) is 41.3 Å². The molecule has 2 aromatic carbocycles. The van der Waals surface area contributed by atoms with Gasteiger partial charge in [0.1, 0.15) is 8.80 Å². The number of hydrogen-bond acceptors (Lipinski definition) is 2. The molecule has 165 valence electrons. The molecule has 2 heterocycles. The highest BCUT2D eigenvalue weighted by molar-refractivity contribution is 6.88. The lowest BCUT2D eigenvalue weighted by atomic mass is 9.97. The molecule has 4 rings (SSSR count). The van der Waals surface area contributed by atoms with E-state index < -0.39 is 17.6 Å². The summed E-state index contributed by atoms with van der Waals surface area (Å²) in [7, 11) is -2.82. The number of ether oxygens (including phenoxy) is 2. The zero-order valence-corrected chi connectivity index (χ0v) is 21.7. The van der Waals surface area contributed by atoms with Crippen molar-refractivity contribution in [2.24, 2.45) is 0 Å². The van der Waals surface area contributed by atoms with Gasteiger partial charge in [-0.15, -0.1) is 0 Å². The van der Waals surface area contributed by atoms with Crippen LogP contribution in [0.3, 0.4) is 0 Å². The van der Waals surface area contributed by atoms with Crippen molar-refractivity contribution in [1.82, 2.24) is 0 Å². The molecule has 2 aliphatic rings. The highest BCUT2D eigenvalue weighted by Crippen LogP contribution is 2.38. The van der Waals surface area contributed by atoms with E-state index in [0.29, 0.717) is 0 Å². The van der Waals surface area contributed by atoms with Gasteiger partial charge >= 0.3 is 0 Å². The molecule has 2 atom stereocenters. The van der Waals surface area contributed by atoms with Crippen LogP contribution in [0, 0.1) is 6.08 Å². The van der Waals surface area contributed by atoms with Crippen LogP contribution in [0.4, 0.5) is 0 Å². The number of hydrogen-bond donors (Lipinski definition) is 0. The van der Waals surface area contributed by atoms with Crippen molar-refractivity contribution in [2.75, 3.05) is 13.2 Å². The van der Waals surface area contributed by atoms with Crippen LogP contribution in [0.5, 0.6) is 0 Å². The average molecular weight is 450 g/mol. The van der Waals surface area contributed by atoms with E-state index in [1.165, 1.54) is 35.2 Å². The van der Waals surface area contributed by atoms with Gasteiger partial charge in [0.05, 0.1) is 19.2 Å². The molecule has 2 nitrogen and oxygen atoms in total. The van der Waals surface area contributed by atoms with Crippen LogP contribution in [0.15, 0.2) is 66.2 Å². The maximum Gasteiger partial charge on any atom is 0.143 e. The van der Waals surface area contributed by atoms with E-state index in [1.54, 1.807) is 0 Å². The highest BCUT2D eigenvalue weighted by Gasteiger charge is 2.47. The molecule has 2 aromatic rings. The van der Waals surface area contributed by atoms with Crippen molar-refractivity contribution in [1.29, 1.82) is 0 Å². The molecular weight excluding hydrogens is 412 g/mol. The van der Waals surface area contributed by atoms with Crippen molar-refractivity contribution >= 4 is 28.0 Å². The van der Waals surface area contributed by atoms with Gasteiger partial charge in [-0.3, -0.25) is 0 Å². The molecule has 2 aliphatic heterocycles. The van der Waals surface area contributed by atoms with E-state index in [-0.39, 0.29) is 10.4 Å². The summed E-state index contributed by atoms with van der Waals surface area (Å²) in [4.78, 5) is 0. The minimum Gasteiger partial charge on any atom is -0.374 e. The van der Waals surface area contributed by atoms with Gasteiger partial charge in [0.15, 0.2) is 0 Å². The van der Waals surface area contributed by atoms with Gasteiger partial charge in [-0.1, -0.05) is 84.1 Å². The molecule has 1 radical (unpaired) electrons. The van der Waals surface area contributed by atoms with Crippen molar-refractivity contribution < 1.29 is 9.47 Å². The third-order valence-corrected chi connectivity index (χ3v) is 13.7. The normalized spacial score (nSPS) is 27.6. The van der Waals surface area contributed by atoms with Crippen molar-refractivity contribution in [3.63, 3.8) is 0 Å². The van der Waals surface area contributed by atoms with E-state index in [9.17, 15) is 0 Å². The molecule has 0 saturated carbocycles. The van der Waals surface area contributed by atoms with Gasteiger partial charge in [-0.2, -0.15) is 0 Å². The Balaban J connectivity index is 1.85. The second-order valence-corrected chi connectivity index (χ2v) is 15.9. The zero-order chi connectivity index (χ0) is 21.7. The van der Waals surface area contributed by atoms with Crippen molar-refractivity contribution in [3.05, 3.63) is 72.3 Å². The van der Waals surface area contributed by atoms with Gasteiger partial charge in [-0.25, -0.2) is 0 Å². The van der Waals surface area contributed by atoms with E-state index in [0.717, 1.165) is 32.5 Å². The maximum absolute atomic E-state index is 6.89. The minimum absolute atomic E-state index is 0.150. The van der Waals surface area contributed by atoms with Crippen LogP contribution in [0.2, 0.25) is 13.1 Å². The van der Waals surface area contributed by atoms with Gasteiger partial charge in [-0.05, 0) is 57.1 Å². The Morgan fingerprint density at radius 1 is 0.774 bits per heavy atom. The SMILES string of the molecule is CC(=[C]C1([SiH](C)C)CCCCO1)C1([SiH](c2ccccc2)c2ccccc2)CCCCO1. The van der Waals surface area contributed by atoms with Gasteiger partial charge in [0, 0.05) is 13.2 Å².